The smallest absolute Gasteiger partial charge is 0.243 e. The second-order valence-corrected chi connectivity index (χ2v) is 9.64. The van der Waals surface area contributed by atoms with Crippen LogP contribution in [0.5, 0.6) is 0 Å². The minimum atomic E-state index is -0.672. The Morgan fingerprint density at radius 2 is 1.76 bits per heavy atom. The van der Waals surface area contributed by atoms with Gasteiger partial charge in [0, 0.05) is 0 Å². The summed E-state index contributed by atoms with van der Waals surface area (Å²) in [7, 11) is 0. The van der Waals surface area contributed by atoms with Crippen LogP contribution >= 0.6 is 11.8 Å². The molecule has 0 bridgehead atoms. The van der Waals surface area contributed by atoms with Crippen molar-refractivity contribution in [1.82, 2.24) is 10.6 Å². The van der Waals surface area contributed by atoms with E-state index in [2.05, 4.69) is 17.6 Å². The van der Waals surface area contributed by atoms with Crippen molar-refractivity contribution in [2.75, 3.05) is 5.75 Å². The van der Waals surface area contributed by atoms with E-state index in [1.807, 2.05) is 56.3 Å². The first-order valence-corrected chi connectivity index (χ1v) is 12.8. The summed E-state index contributed by atoms with van der Waals surface area (Å²) in [6.07, 6.45) is 4.70. The molecule has 2 N–H and O–H groups in total. The molecule has 0 spiro atoms. The highest BCUT2D eigenvalue weighted by atomic mass is 32.2. The van der Waals surface area contributed by atoms with Crippen LogP contribution in [0.1, 0.15) is 57.8 Å². The third kappa shape index (κ3) is 10.3. The molecule has 1 aromatic carbocycles. The fraction of sp³-hybridized carbons (Fsp3) is 0.500. The molecule has 2 rings (SSSR count). The Kier molecular flexibility index (Phi) is 11.8. The molecule has 2 aromatic rings. The van der Waals surface area contributed by atoms with Gasteiger partial charge in [-0.15, -0.1) is 11.8 Å². The number of benzene rings is 1. The number of thioether (sulfide) groups is 1. The lowest BCUT2D eigenvalue weighted by atomic mass is 10.0. The van der Waals surface area contributed by atoms with Crippen LogP contribution in [-0.4, -0.2) is 35.4 Å². The Hall–Kier alpha value is -2.54. The van der Waals surface area contributed by atoms with Crippen LogP contribution in [-0.2, 0) is 26.6 Å². The van der Waals surface area contributed by atoms with Crippen molar-refractivity contribution in [2.45, 2.75) is 70.7 Å². The molecule has 180 valence electrons. The third-order valence-corrected chi connectivity index (χ3v) is 6.16. The Morgan fingerprint density at radius 3 is 2.39 bits per heavy atom. The van der Waals surface area contributed by atoms with Crippen LogP contribution in [0.25, 0.3) is 0 Å². The zero-order valence-electron chi connectivity index (χ0n) is 19.8. The number of carbonyl (C=O) groups is 3. The number of unbranched alkanes of at least 4 members (excludes halogenated alkanes) is 1. The predicted octanol–water partition coefficient (Wildman–Crippen LogP) is 4.53. The minimum absolute atomic E-state index is 0.00716. The largest absolute Gasteiger partial charge is 0.468 e. The van der Waals surface area contributed by atoms with Crippen LogP contribution < -0.4 is 10.6 Å². The van der Waals surface area contributed by atoms with E-state index in [1.165, 1.54) is 11.8 Å². The van der Waals surface area contributed by atoms with Gasteiger partial charge in [-0.25, -0.2) is 0 Å². The maximum atomic E-state index is 13.1. The zero-order chi connectivity index (χ0) is 24.1. The highest BCUT2D eigenvalue weighted by Crippen LogP contribution is 2.15. The fourth-order valence-electron chi connectivity index (χ4n) is 3.47. The van der Waals surface area contributed by atoms with Crippen LogP contribution in [0.2, 0.25) is 0 Å². The van der Waals surface area contributed by atoms with Gasteiger partial charge in [-0.05, 0) is 36.5 Å². The van der Waals surface area contributed by atoms with Gasteiger partial charge < -0.3 is 15.1 Å². The summed E-state index contributed by atoms with van der Waals surface area (Å²) in [6.45, 7) is 6.07. The topological polar surface area (TPSA) is 88.4 Å². The number of carbonyl (C=O) groups excluding carboxylic acids is 3. The molecule has 6 nitrogen and oxygen atoms in total. The number of ketones is 1. The highest BCUT2D eigenvalue weighted by Gasteiger charge is 2.27. The van der Waals surface area contributed by atoms with E-state index in [0.717, 1.165) is 24.2 Å². The average Bonchev–Trinajstić information content (AvgIpc) is 3.29. The number of Topliss-reactive ketones (excluding diaryl/α,β-unsaturated/α-hetero) is 1. The van der Waals surface area contributed by atoms with E-state index in [-0.39, 0.29) is 29.9 Å². The lowest BCUT2D eigenvalue weighted by Crippen LogP contribution is -2.52. The molecule has 0 fully saturated rings. The molecule has 1 heterocycles. The molecule has 0 unspecified atom stereocenters. The van der Waals surface area contributed by atoms with Crippen LogP contribution in [0.3, 0.4) is 0 Å². The van der Waals surface area contributed by atoms with Crippen molar-refractivity contribution in [3.8, 4) is 0 Å². The van der Waals surface area contributed by atoms with Crippen LogP contribution in [0.4, 0.5) is 0 Å². The first-order chi connectivity index (χ1) is 15.9. The van der Waals surface area contributed by atoms with Gasteiger partial charge in [0.1, 0.15) is 11.8 Å². The summed E-state index contributed by atoms with van der Waals surface area (Å²) in [5.74, 6) is 1.44. The molecule has 0 radical (unpaired) electrons. The summed E-state index contributed by atoms with van der Waals surface area (Å²) < 4.78 is 5.31. The summed E-state index contributed by atoms with van der Waals surface area (Å²) in [4.78, 5) is 38.6. The minimum Gasteiger partial charge on any atom is -0.468 e. The maximum Gasteiger partial charge on any atom is 0.243 e. The highest BCUT2D eigenvalue weighted by molar-refractivity contribution is 7.99. The molecule has 2 amide bonds. The van der Waals surface area contributed by atoms with E-state index < -0.39 is 12.1 Å². The van der Waals surface area contributed by atoms with E-state index >= 15 is 0 Å². The van der Waals surface area contributed by atoms with Crippen molar-refractivity contribution in [3.63, 3.8) is 0 Å². The monoisotopic (exact) mass is 472 g/mol. The lowest BCUT2D eigenvalue weighted by Gasteiger charge is -2.24. The van der Waals surface area contributed by atoms with Gasteiger partial charge in [0.15, 0.2) is 5.78 Å². The summed E-state index contributed by atoms with van der Waals surface area (Å²) in [5, 5.41) is 5.81. The molecule has 0 saturated heterocycles. The zero-order valence-corrected chi connectivity index (χ0v) is 20.7. The summed E-state index contributed by atoms with van der Waals surface area (Å²) >= 11 is 1.47. The molecule has 0 aliphatic rings. The van der Waals surface area contributed by atoms with Gasteiger partial charge in [0.05, 0.1) is 30.2 Å². The number of rotatable bonds is 15. The molecule has 33 heavy (non-hydrogen) atoms. The Morgan fingerprint density at radius 1 is 1.00 bits per heavy atom. The number of amides is 2. The molecule has 0 aliphatic carbocycles. The number of hydrogen-bond acceptors (Lipinski definition) is 5. The van der Waals surface area contributed by atoms with Crippen molar-refractivity contribution < 1.29 is 18.8 Å². The predicted molar refractivity (Wildman–Crippen MR) is 133 cm³/mol. The maximum absolute atomic E-state index is 13.1. The lowest BCUT2D eigenvalue weighted by molar-refractivity contribution is -0.131. The fourth-order valence-corrected chi connectivity index (χ4v) is 4.34. The first-order valence-electron chi connectivity index (χ1n) is 11.7. The molecule has 0 saturated carbocycles. The number of hydrogen-bond donors (Lipinski definition) is 2. The Bertz CT molecular complexity index is 852. The molecule has 0 aliphatic heterocycles. The van der Waals surface area contributed by atoms with Crippen molar-refractivity contribution >= 4 is 29.4 Å². The van der Waals surface area contributed by atoms with E-state index in [4.69, 9.17) is 4.42 Å². The van der Waals surface area contributed by atoms with E-state index in [1.54, 1.807) is 6.26 Å². The molecule has 2 atom stereocenters. The summed E-state index contributed by atoms with van der Waals surface area (Å²) in [6, 6.07) is 11.9. The molecule has 7 heteroatoms. The second-order valence-electron chi connectivity index (χ2n) is 8.65. The quantitative estimate of drug-likeness (QED) is 0.398. The summed E-state index contributed by atoms with van der Waals surface area (Å²) in [5.41, 5.74) is 0.892. The third-order valence-electron chi connectivity index (χ3n) is 5.19. The molecular formula is C26H36N2O4S. The SMILES string of the molecule is CCCC[C@H](NC(=O)[C@H](CC(C)C)NC(=O)Cc1ccccc1)C(=O)CSCc1ccco1. The van der Waals surface area contributed by atoms with E-state index in [9.17, 15) is 14.4 Å². The number of furan rings is 1. The van der Waals surface area contributed by atoms with E-state index in [0.29, 0.717) is 24.3 Å². The molecular weight excluding hydrogens is 436 g/mol. The van der Waals surface area contributed by atoms with Gasteiger partial charge in [-0.2, -0.15) is 0 Å². The number of nitrogens with one attached hydrogen (secondary N) is 2. The normalized spacial score (nSPS) is 12.8. The van der Waals surface area contributed by atoms with Gasteiger partial charge in [-0.1, -0.05) is 63.9 Å². The van der Waals surface area contributed by atoms with Gasteiger partial charge in [0.2, 0.25) is 11.8 Å². The van der Waals surface area contributed by atoms with Crippen molar-refractivity contribution in [3.05, 3.63) is 60.1 Å². The molecule has 1 aromatic heterocycles. The standard InChI is InChI=1S/C26H36N2O4S/c1-4-5-13-22(24(29)18-33-17-21-12-9-14-32-21)28-26(31)23(15-19(2)3)27-25(30)16-20-10-7-6-8-11-20/h6-12,14,19,22-23H,4-5,13,15-18H2,1-3H3,(H,27,30)(H,28,31)/t22-,23-/m0/s1. The first kappa shape index (κ1) is 26.7. The van der Waals surface area contributed by atoms with Crippen LogP contribution in [0.15, 0.2) is 53.1 Å². The Labute approximate surface area is 201 Å². The Balaban J connectivity index is 1.96. The van der Waals surface area contributed by atoms with Gasteiger partial charge >= 0.3 is 0 Å². The van der Waals surface area contributed by atoms with Crippen LogP contribution in [0, 0.1) is 5.92 Å². The van der Waals surface area contributed by atoms with Gasteiger partial charge in [0.25, 0.3) is 0 Å². The van der Waals surface area contributed by atoms with Gasteiger partial charge in [-0.3, -0.25) is 14.4 Å². The van der Waals surface area contributed by atoms with Crippen molar-refractivity contribution in [2.24, 2.45) is 5.92 Å². The van der Waals surface area contributed by atoms with Crippen molar-refractivity contribution in [1.29, 1.82) is 0 Å². The average molecular weight is 473 g/mol. The second kappa shape index (κ2) is 14.6.